The van der Waals surface area contributed by atoms with Crippen molar-refractivity contribution in [2.24, 2.45) is 0 Å². The van der Waals surface area contributed by atoms with Crippen LogP contribution in [0.1, 0.15) is 0 Å². The van der Waals surface area contributed by atoms with Crippen molar-refractivity contribution in [3.63, 3.8) is 0 Å². The summed E-state index contributed by atoms with van der Waals surface area (Å²) in [7, 11) is -0.534. The second-order valence-corrected chi connectivity index (χ2v) is 4.86. The molecule has 0 radical (unpaired) electrons. The van der Waals surface area contributed by atoms with E-state index in [1.807, 2.05) is 0 Å². The molecule has 0 spiro atoms. The number of hydrogen-bond acceptors (Lipinski definition) is 3. The number of hydrogen-bond donors (Lipinski definition) is 2. The van der Waals surface area contributed by atoms with Crippen molar-refractivity contribution >= 4 is 35.8 Å². The molecule has 0 aliphatic rings. The lowest BCUT2D eigenvalue weighted by Crippen LogP contribution is -2.32. The summed E-state index contributed by atoms with van der Waals surface area (Å²) in [5, 5.41) is 19.2. The maximum Gasteiger partial charge on any atom is 0.492 e. The molecular weight excluding hydrogens is 305 g/mol. The summed E-state index contributed by atoms with van der Waals surface area (Å²) in [6.45, 7) is 0. The van der Waals surface area contributed by atoms with Gasteiger partial charge in [0.25, 0.3) is 0 Å². The Bertz CT molecular complexity index is 630. The number of benzene rings is 2. The van der Waals surface area contributed by atoms with Crippen LogP contribution in [0.15, 0.2) is 30.3 Å². The van der Waals surface area contributed by atoms with Gasteiger partial charge >= 0.3 is 7.12 Å². The first kappa shape index (κ1) is 15.1. The SMILES string of the molecule is COc1c(B(O)O)cc(F)cc1-c1c(Cl)cccc1Cl. The Morgan fingerprint density at radius 3 is 2.25 bits per heavy atom. The van der Waals surface area contributed by atoms with Crippen molar-refractivity contribution < 1.29 is 19.2 Å². The summed E-state index contributed by atoms with van der Waals surface area (Å²) in [6.07, 6.45) is 0. The zero-order valence-electron chi connectivity index (χ0n) is 10.4. The molecule has 7 heteroatoms. The molecule has 0 atom stereocenters. The Kier molecular flexibility index (Phi) is 4.55. The lowest BCUT2D eigenvalue weighted by molar-refractivity contribution is 0.403. The zero-order valence-corrected chi connectivity index (χ0v) is 11.9. The molecule has 0 saturated carbocycles. The molecule has 0 saturated heterocycles. The number of ether oxygens (including phenoxy) is 1. The van der Waals surface area contributed by atoms with Crippen molar-refractivity contribution in [3.8, 4) is 16.9 Å². The van der Waals surface area contributed by atoms with Gasteiger partial charge in [0, 0.05) is 16.6 Å². The average Bonchev–Trinajstić information content (AvgIpc) is 2.37. The molecule has 104 valence electrons. The van der Waals surface area contributed by atoms with Crippen LogP contribution in [0.4, 0.5) is 4.39 Å². The summed E-state index contributed by atoms with van der Waals surface area (Å²) in [5.74, 6) is -0.545. The van der Waals surface area contributed by atoms with Crippen LogP contribution in [0.25, 0.3) is 11.1 Å². The van der Waals surface area contributed by atoms with Crippen LogP contribution in [0.3, 0.4) is 0 Å². The maximum absolute atomic E-state index is 13.7. The van der Waals surface area contributed by atoms with Gasteiger partial charge in [-0.2, -0.15) is 0 Å². The van der Waals surface area contributed by atoms with Gasteiger partial charge in [0.15, 0.2) is 0 Å². The summed E-state index contributed by atoms with van der Waals surface area (Å²) in [6, 6.07) is 7.02. The highest BCUT2D eigenvalue weighted by atomic mass is 35.5. The van der Waals surface area contributed by atoms with Gasteiger partial charge in [0.1, 0.15) is 11.6 Å². The van der Waals surface area contributed by atoms with Gasteiger partial charge in [-0.15, -0.1) is 0 Å². The van der Waals surface area contributed by atoms with E-state index in [4.69, 9.17) is 27.9 Å². The normalized spacial score (nSPS) is 10.5. The van der Waals surface area contributed by atoms with E-state index in [-0.39, 0.29) is 16.8 Å². The zero-order chi connectivity index (χ0) is 14.9. The Balaban J connectivity index is 2.80. The summed E-state index contributed by atoms with van der Waals surface area (Å²) in [5.41, 5.74) is 0.527. The van der Waals surface area contributed by atoms with Crippen molar-refractivity contribution in [2.75, 3.05) is 7.11 Å². The number of halogens is 3. The minimum absolute atomic E-state index is 0.0986. The Labute approximate surface area is 125 Å². The van der Waals surface area contributed by atoms with Gasteiger partial charge in [0.05, 0.1) is 17.2 Å². The molecule has 0 aliphatic heterocycles. The highest BCUT2D eigenvalue weighted by Crippen LogP contribution is 2.39. The predicted octanol–water partition coefficient (Wildman–Crippen LogP) is 2.49. The van der Waals surface area contributed by atoms with E-state index < -0.39 is 12.9 Å². The first-order valence-electron chi connectivity index (χ1n) is 5.63. The van der Waals surface area contributed by atoms with Gasteiger partial charge in [0.2, 0.25) is 0 Å². The largest absolute Gasteiger partial charge is 0.496 e. The highest BCUT2D eigenvalue weighted by Gasteiger charge is 2.24. The second kappa shape index (κ2) is 6.02. The topological polar surface area (TPSA) is 49.7 Å². The number of rotatable bonds is 3. The summed E-state index contributed by atoms with van der Waals surface area (Å²) < 4.78 is 18.8. The maximum atomic E-state index is 13.7. The van der Waals surface area contributed by atoms with Gasteiger partial charge in [-0.25, -0.2) is 4.39 Å². The molecule has 2 aromatic carbocycles. The fraction of sp³-hybridized carbons (Fsp3) is 0.0769. The predicted molar refractivity (Wildman–Crippen MR) is 78.2 cm³/mol. The van der Waals surface area contributed by atoms with Crippen molar-refractivity contribution in [3.05, 3.63) is 46.2 Å². The standard InChI is InChI=1S/C13H10BCl2FO3/c1-20-13-8(5-7(17)6-9(13)14(18)19)12-10(15)3-2-4-11(12)16/h2-6,18-19H,1H3. The smallest absolute Gasteiger partial charge is 0.492 e. The van der Waals surface area contributed by atoms with Crippen LogP contribution in [0, 0.1) is 5.82 Å². The van der Waals surface area contributed by atoms with E-state index in [1.165, 1.54) is 13.2 Å². The first-order chi connectivity index (χ1) is 9.45. The monoisotopic (exact) mass is 314 g/mol. The highest BCUT2D eigenvalue weighted by molar-refractivity contribution is 6.60. The third kappa shape index (κ3) is 2.76. The van der Waals surface area contributed by atoms with E-state index in [0.29, 0.717) is 15.6 Å². The lowest BCUT2D eigenvalue weighted by Gasteiger charge is -2.15. The third-order valence-corrected chi connectivity index (χ3v) is 3.43. The molecule has 0 amide bonds. The molecule has 0 fully saturated rings. The van der Waals surface area contributed by atoms with Crippen LogP contribution in [0.5, 0.6) is 5.75 Å². The van der Waals surface area contributed by atoms with Gasteiger partial charge in [-0.1, -0.05) is 29.3 Å². The van der Waals surface area contributed by atoms with Crippen LogP contribution in [-0.4, -0.2) is 24.3 Å². The Hall–Kier alpha value is -1.27. The summed E-state index contributed by atoms with van der Waals surface area (Å²) >= 11 is 12.2. The van der Waals surface area contributed by atoms with Crippen molar-refractivity contribution in [1.82, 2.24) is 0 Å². The quantitative estimate of drug-likeness (QED) is 0.856. The fourth-order valence-electron chi connectivity index (χ4n) is 1.98. The molecular formula is C13H10BCl2FO3. The molecule has 2 rings (SSSR count). The van der Waals surface area contributed by atoms with Crippen LogP contribution >= 0.6 is 23.2 Å². The van der Waals surface area contributed by atoms with Gasteiger partial charge < -0.3 is 14.8 Å². The van der Waals surface area contributed by atoms with Crippen molar-refractivity contribution in [2.45, 2.75) is 0 Å². The van der Waals surface area contributed by atoms with Crippen molar-refractivity contribution in [1.29, 1.82) is 0 Å². The molecule has 0 bridgehead atoms. The molecule has 0 unspecified atom stereocenters. The van der Waals surface area contributed by atoms with Crippen LogP contribution in [0.2, 0.25) is 10.0 Å². The molecule has 0 aliphatic carbocycles. The first-order valence-corrected chi connectivity index (χ1v) is 6.39. The molecule has 2 aromatic rings. The van der Waals surface area contributed by atoms with E-state index in [1.54, 1.807) is 18.2 Å². The van der Waals surface area contributed by atoms with E-state index in [9.17, 15) is 14.4 Å². The summed E-state index contributed by atoms with van der Waals surface area (Å²) in [4.78, 5) is 0. The number of methoxy groups -OCH3 is 1. The van der Waals surface area contributed by atoms with Gasteiger partial charge in [-0.05, 0) is 24.3 Å². The third-order valence-electron chi connectivity index (χ3n) is 2.80. The molecule has 0 aromatic heterocycles. The molecule has 3 nitrogen and oxygen atoms in total. The molecule has 20 heavy (non-hydrogen) atoms. The average molecular weight is 315 g/mol. The van der Waals surface area contributed by atoms with E-state index in [2.05, 4.69) is 0 Å². The van der Waals surface area contributed by atoms with Crippen LogP contribution < -0.4 is 10.2 Å². The molecule has 2 N–H and O–H groups in total. The molecule has 0 heterocycles. The Morgan fingerprint density at radius 2 is 1.75 bits per heavy atom. The Morgan fingerprint density at radius 1 is 1.15 bits per heavy atom. The van der Waals surface area contributed by atoms with Gasteiger partial charge in [-0.3, -0.25) is 0 Å². The minimum Gasteiger partial charge on any atom is -0.496 e. The van der Waals surface area contributed by atoms with E-state index in [0.717, 1.165) is 6.07 Å². The van der Waals surface area contributed by atoms with E-state index >= 15 is 0 Å². The fourth-order valence-corrected chi connectivity index (χ4v) is 2.58. The van der Waals surface area contributed by atoms with Crippen LogP contribution in [-0.2, 0) is 0 Å². The lowest BCUT2D eigenvalue weighted by atomic mass is 9.77. The minimum atomic E-state index is -1.87. The second-order valence-electron chi connectivity index (χ2n) is 4.05.